The Morgan fingerprint density at radius 2 is 1.88 bits per heavy atom. The van der Waals surface area contributed by atoms with E-state index in [0.29, 0.717) is 6.61 Å². The number of carboxylic acids is 1. The number of rotatable bonds is 7. The summed E-state index contributed by atoms with van der Waals surface area (Å²) in [5, 5.41) is 9.38. The zero-order valence-corrected chi connectivity index (χ0v) is 20.3. The maximum absolute atomic E-state index is 11.4. The van der Waals surface area contributed by atoms with Crippen LogP contribution >= 0.6 is 11.3 Å². The molecule has 2 aromatic heterocycles. The van der Waals surface area contributed by atoms with Crippen molar-refractivity contribution >= 4 is 17.3 Å². The van der Waals surface area contributed by atoms with Gasteiger partial charge in [-0.2, -0.15) is 0 Å². The van der Waals surface area contributed by atoms with Gasteiger partial charge >= 0.3 is 5.97 Å². The molecule has 0 fully saturated rings. The Bertz CT molecular complexity index is 1080. The fourth-order valence-corrected chi connectivity index (χ4v) is 5.97. The minimum Gasteiger partial charge on any atom is -0.488 e. The van der Waals surface area contributed by atoms with E-state index in [0.717, 1.165) is 17.1 Å². The number of aliphatic carboxylic acids is 1. The highest BCUT2D eigenvalue weighted by Crippen LogP contribution is 2.49. The van der Waals surface area contributed by atoms with E-state index in [1.165, 1.54) is 28.2 Å². The molecule has 0 spiro atoms. The first-order valence-corrected chi connectivity index (χ1v) is 11.9. The zero-order valence-electron chi connectivity index (χ0n) is 19.5. The van der Waals surface area contributed by atoms with Gasteiger partial charge in [0.05, 0.1) is 12.3 Å². The molecule has 170 valence electrons. The van der Waals surface area contributed by atoms with Gasteiger partial charge < -0.3 is 14.4 Å². The number of carbonyl (C=O) groups is 1. The highest BCUT2D eigenvalue weighted by atomic mass is 32.1. The topological polar surface area (TPSA) is 64.4 Å². The molecule has 0 unspecified atom stereocenters. The lowest BCUT2D eigenvalue weighted by atomic mass is 9.67. The predicted molar refractivity (Wildman–Crippen MR) is 128 cm³/mol. The van der Waals surface area contributed by atoms with Crippen LogP contribution in [0.15, 0.2) is 42.7 Å². The van der Waals surface area contributed by atoms with Crippen LogP contribution in [-0.2, 0) is 29.3 Å². The third-order valence-corrected chi connectivity index (χ3v) is 8.19. The van der Waals surface area contributed by atoms with Gasteiger partial charge in [0.15, 0.2) is 0 Å². The summed E-state index contributed by atoms with van der Waals surface area (Å²) >= 11 is 1.88. The van der Waals surface area contributed by atoms with Gasteiger partial charge in [0, 0.05) is 29.2 Å². The fraction of sp³-hybridized carbons (Fsp3) is 0.462. The summed E-state index contributed by atoms with van der Waals surface area (Å²) in [6, 6.07) is 10.1. The molecule has 0 aliphatic heterocycles. The number of aryl methyl sites for hydroxylation is 1. The summed E-state index contributed by atoms with van der Waals surface area (Å²) < 4.78 is 7.98. The van der Waals surface area contributed by atoms with Crippen LogP contribution in [0.3, 0.4) is 0 Å². The number of carboxylic acid groups (broad SMARTS) is 1. The Morgan fingerprint density at radius 1 is 1.19 bits per heavy atom. The van der Waals surface area contributed by atoms with E-state index in [2.05, 4.69) is 38.7 Å². The van der Waals surface area contributed by atoms with E-state index >= 15 is 0 Å². The number of nitrogens with zero attached hydrogens (tertiary/aromatic N) is 2. The van der Waals surface area contributed by atoms with Crippen LogP contribution in [0.25, 0.3) is 0 Å². The maximum Gasteiger partial charge on any atom is 0.304 e. The summed E-state index contributed by atoms with van der Waals surface area (Å²) in [6.45, 7) is 9.91. The molecule has 0 bridgehead atoms. The molecule has 32 heavy (non-hydrogen) atoms. The number of hydrogen-bond acceptors (Lipinski definition) is 4. The molecular weight excluding hydrogens is 420 g/mol. The Labute approximate surface area is 194 Å². The Balaban J connectivity index is 1.50. The van der Waals surface area contributed by atoms with Crippen LogP contribution < -0.4 is 4.74 Å². The van der Waals surface area contributed by atoms with Crippen LogP contribution in [0.5, 0.6) is 5.75 Å². The number of ether oxygens (including phenoxy) is 1. The van der Waals surface area contributed by atoms with Crippen LogP contribution in [0.2, 0.25) is 0 Å². The third kappa shape index (κ3) is 4.46. The van der Waals surface area contributed by atoms with E-state index in [1.807, 2.05) is 53.4 Å². The third-order valence-electron chi connectivity index (χ3n) is 6.71. The summed E-state index contributed by atoms with van der Waals surface area (Å²) in [7, 11) is 1.89. The van der Waals surface area contributed by atoms with Gasteiger partial charge in [-0.25, -0.2) is 4.98 Å². The van der Waals surface area contributed by atoms with Crippen LogP contribution in [-0.4, -0.2) is 20.6 Å². The number of fused-ring (bicyclic) bond motifs is 1. The largest absolute Gasteiger partial charge is 0.488 e. The second-order valence-corrected chi connectivity index (χ2v) is 11.3. The molecule has 0 radical (unpaired) electrons. The first-order chi connectivity index (χ1) is 15.1. The summed E-state index contributed by atoms with van der Waals surface area (Å²) in [4.78, 5) is 18.5. The van der Waals surface area contributed by atoms with Crippen molar-refractivity contribution < 1.29 is 14.6 Å². The smallest absolute Gasteiger partial charge is 0.304 e. The maximum atomic E-state index is 11.4. The molecule has 6 heteroatoms. The van der Waals surface area contributed by atoms with E-state index in [9.17, 15) is 9.90 Å². The average Bonchev–Trinajstić information content (AvgIpc) is 3.36. The van der Waals surface area contributed by atoms with Crippen molar-refractivity contribution in [2.24, 2.45) is 7.05 Å². The first-order valence-electron chi connectivity index (χ1n) is 11.1. The standard InChI is InChI=1S/C26H32N2O3S/c1-25(2)10-11-26(3,4)23-21(25)14-19(32-23)16-31-18-8-6-17(7-9-18)20(15-22(29)30)24-27-12-13-28(24)5/h6-9,12-14,20H,10-11,15-16H2,1-5H3,(H,29,30)/t20-/m1/s1. The number of imidazole rings is 1. The second-order valence-electron chi connectivity index (χ2n) is 10.1. The summed E-state index contributed by atoms with van der Waals surface area (Å²) in [5.41, 5.74) is 2.83. The number of hydrogen-bond donors (Lipinski definition) is 1. The molecule has 4 rings (SSSR count). The monoisotopic (exact) mass is 452 g/mol. The normalized spacial score (nSPS) is 17.5. The Hall–Kier alpha value is -2.60. The van der Waals surface area contributed by atoms with Gasteiger partial charge in [-0.15, -0.1) is 11.3 Å². The summed E-state index contributed by atoms with van der Waals surface area (Å²) in [6.07, 6.45) is 5.95. The van der Waals surface area contributed by atoms with Crippen molar-refractivity contribution in [2.45, 2.75) is 70.3 Å². The number of benzene rings is 1. The molecule has 1 aliphatic carbocycles. The molecule has 0 saturated carbocycles. The zero-order chi connectivity index (χ0) is 23.1. The van der Waals surface area contributed by atoms with Gasteiger partial charge in [0.25, 0.3) is 0 Å². The molecule has 2 heterocycles. The van der Waals surface area contributed by atoms with E-state index in [-0.39, 0.29) is 23.2 Å². The predicted octanol–water partition coefficient (Wildman–Crippen LogP) is 6.02. The number of thiophene rings is 1. The molecule has 1 N–H and O–H groups in total. The summed E-state index contributed by atoms with van der Waals surface area (Å²) in [5.74, 6) is 0.392. The van der Waals surface area contributed by atoms with Crippen LogP contribution in [0, 0.1) is 0 Å². The molecular formula is C26H32N2O3S. The van der Waals surface area contributed by atoms with Gasteiger partial charge in [0.2, 0.25) is 0 Å². The minimum atomic E-state index is -0.842. The second kappa shape index (κ2) is 8.39. The number of aromatic nitrogens is 2. The van der Waals surface area contributed by atoms with Gasteiger partial charge in [-0.1, -0.05) is 39.8 Å². The van der Waals surface area contributed by atoms with Crippen molar-refractivity contribution in [3.8, 4) is 5.75 Å². The molecule has 1 aromatic carbocycles. The van der Waals surface area contributed by atoms with Gasteiger partial charge in [-0.05, 0) is 53.0 Å². The fourth-order valence-electron chi connectivity index (χ4n) is 4.59. The van der Waals surface area contributed by atoms with Crippen molar-refractivity contribution in [2.75, 3.05) is 0 Å². The lowest BCUT2D eigenvalue weighted by Crippen LogP contribution is -2.31. The lowest BCUT2D eigenvalue weighted by molar-refractivity contribution is -0.137. The molecule has 3 aromatic rings. The molecule has 0 amide bonds. The molecule has 5 nitrogen and oxygen atoms in total. The SMILES string of the molecule is Cn1ccnc1[C@H](CC(=O)O)c1ccc(OCc2cc3c(s2)C(C)(C)CCC3(C)C)cc1. The van der Waals surface area contributed by atoms with Crippen molar-refractivity contribution in [1.29, 1.82) is 0 Å². The van der Waals surface area contributed by atoms with E-state index < -0.39 is 5.97 Å². The van der Waals surface area contributed by atoms with Gasteiger partial charge in [-0.3, -0.25) is 4.79 Å². The van der Waals surface area contributed by atoms with E-state index in [4.69, 9.17) is 4.74 Å². The average molecular weight is 453 g/mol. The minimum absolute atomic E-state index is 0.00260. The molecule has 1 aliphatic rings. The van der Waals surface area contributed by atoms with Crippen molar-refractivity contribution in [3.63, 3.8) is 0 Å². The highest BCUT2D eigenvalue weighted by molar-refractivity contribution is 7.12. The quantitative estimate of drug-likeness (QED) is 0.476. The van der Waals surface area contributed by atoms with Crippen molar-refractivity contribution in [3.05, 3.63) is 69.4 Å². The van der Waals surface area contributed by atoms with Gasteiger partial charge in [0.1, 0.15) is 18.2 Å². The molecule has 0 saturated heterocycles. The van der Waals surface area contributed by atoms with E-state index in [1.54, 1.807) is 6.20 Å². The first kappa shape index (κ1) is 22.6. The highest BCUT2D eigenvalue weighted by Gasteiger charge is 2.38. The lowest BCUT2D eigenvalue weighted by Gasteiger charge is -2.39. The van der Waals surface area contributed by atoms with Crippen LogP contribution in [0.1, 0.15) is 79.6 Å². The van der Waals surface area contributed by atoms with Crippen LogP contribution in [0.4, 0.5) is 0 Å². The Kier molecular flexibility index (Phi) is 5.93. The Morgan fingerprint density at radius 3 is 2.47 bits per heavy atom. The molecule has 1 atom stereocenters. The van der Waals surface area contributed by atoms with Crippen molar-refractivity contribution in [1.82, 2.24) is 9.55 Å².